The van der Waals surface area contributed by atoms with E-state index >= 15 is 0 Å². The lowest BCUT2D eigenvalue weighted by molar-refractivity contribution is 0.00853. The van der Waals surface area contributed by atoms with Gasteiger partial charge in [0.05, 0.1) is 5.52 Å². The molecule has 1 aromatic heterocycles. The van der Waals surface area contributed by atoms with E-state index in [4.69, 9.17) is 14.5 Å². The molecule has 2 aromatic rings. The summed E-state index contributed by atoms with van der Waals surface area (Å²) in [6.45, 7) is 9.01. The molecule has 1 aromatic carbocycles. The van der Waals surface area contributed by atoms with Crippen LogP contribution in [-0.2, 0) is 9.47 Å². The molecule has 0 amide bonds. The first-order valence-corrected chi connectivity index (χ1v) is 8.84. The van der Waals surface area contributed by atoms with Crippen molar-refractivity contribution in [2.24, 2.45) is 5.41 Å². The number of allylic oxidation sites excluding steroid dienone is 3. The van der Waals surface area contributed by atoms with E-state index in [0.717, 1.165) is 46.3 Å². The fraction of sp³-hybridized carbons (Fsp3) is 0.409. The molecule has 0 atom stereocenters. The molecule has 0 spiro atoms. The van der Waals surface area contributed by atoms with Gasteiger partial charge in [-0.2, -0.15) is 0 Å². The van der Waals surface area contributed by atoms with E-state index in [1.54, 1.807) is 7.11 Å². The molecule has 3 heteroatoms. The summed E-state index contributed by atoms with van der Waals surface area (Å²) in [7, 11) is 1.66. The van der Waals surface area contributed by atoms with Gasteiger partial charge in [0.1, 0.15) is 5.76 Å². The molecule has 0 radical (unpaired) electrons. The topological polar surface area (TPSA) is 31.4 Å². The number of pyridine rings is 1. The Labute approximate surface area is 150 Å². The molecule has 1 aliphatic carbocycles. The number of fused-ring (bicyclic) bond motifs is 1. The molecule has 1 aliphatic rings. The minimum Gasteiger partial charge on any atom is -0.467 e. The minimum absolute atomic E-state index is 0.0521. The largest absolute Gasteiger partial charge is 0.467 e. The summed E-state index contributed by atoms with van der Waals surface area (Å²) in [5.41, 5.74) is 5.71. The van der Waals surface area contributed by atoms with Crippen LogP contribution < -0.4 is 0 Å². The van der Waals surface area contributed by atoms with Crippen molar-refractivity contribution < 1.29 is 9.47 Å². The van der Waals surface area contributed by atoms with Gasteiger partial charge < -0.3 is 9.47 Å². The van der Waals surface area contributed by atoms with Gasteiger partial charge in [0, 0.05) is 29.3 Å². The van der Waals surface area contributed by atoms with Gasteiger partial charge in [0.25, 0.3) is 0 Å². The fourth-order valence-corrected chi connectivity index (χ4v) is 3.42. The maximum Gasteiger partial charge on any atom is 0.188 e. The Hall–Kier alpha value is -2.13. The predicted octanol–water partition coefficient (Wildman–Crippen LogP) is 5.64. The lowest BCUT2D eigenvalue weighted by Gasteiger charge is -2.30. The maximum absolute atomic E-state index is 6.08. The van der Waals surface area contributed by atoms with Crippen molar-refractivity contribution >= 4 is 16.5 Å². The van der Waals surface area contributed by atoms with Gasteiger partial charge in [-0.1, -0.05) is 51.1 Å². The summed E-state index contributed by atoms with van der Waals surface area (Å²) in [4.78, 5) is 4.80. The van der Waals surface area contributed by atoms with Crippen molar-refractivity contribution in [1.82, 2.24) is 4.98 Å². The Morgan fingerprint density at radius 3 is 2.64 bits per heavy atom. The molecule has 0 saturated heterocycles. The third kappa shape index (κ3) is 3.62. The zero-order valence-electron chi connectivity index (χ0n) is 15.8. The van der Waals surface area contributed by atoms with E-state index in [0.29, 0.717) is 0 Å². The van der Waals surface area contributed by atoms with Crippen LogP contribution in [0.15, 0.2) is 47.7 Å². The Kier molecular flexibility index (Phi) is 4.96. The Balaban J connectivity index is 2.19. The highest BCUT2D eigenvalue weighted by Gasteiger charge is 2.28. The van der Waals surface area contributed by atoms with E-state index in [-0.39, 0.29) is 12.2 Å². The first-order chi connectivity index (χ1) is 11.9. The second-order valence-electron chi connectivity index (χ2n) is 7.59. The Morgan fingerprint density at radius 1 is 1.12 bits per heavy atom. The number of methoxy groups -OCH3 is 1. The number of hydrogen-bond acceptors (Lipinski definition) is 3. The summed E-state index contributed by atoms with van der Waals surface area (Å²) in [5, 5.41) is 1.15. The molecular formula is C22H27NO2. The number of ether oxygens (including phenoxy) is 2. The molecule has 0 unspecified atom stereocenters. The third-order valence-corrected chi connectivity index (χ3v) is 4.64. The van der Waals surface area contributed by atoms with E-state index in [9.17, 15) is 0 Å². The van der Waals surface area contributed by atoms with E-state index < -0.39 is 0 Å². The molecule has 3 rings (SSSR count). The van der Waals surface area contributed by atoms with Gasteiger partial charge >= 0.3 is 0 Å². The molecular weight excluding hydrogens is 310 g/mol. The average molecular weight is 337 g/mol. The van der Waals surface area contributed by atoms with Crippen molar-refractivity contribution in [2.75, 3.05) is 13.9 Å². The molecule has 1 heterocycles. The normalized spacial score (nSPS) is 15.5. The van der Waals surface area contributed by atoms with Gasteiger partial charge in [-0.25, -0.2) is 0 Å². The zero-order chi connectivity index (χ0) is 18.0. The Morgan fingerprint density at radius 2 is 1.92 bits per heavy atom. The number of para-hydroxylation sites is 1. The van der Waals surface area contributed by atoms with Gasteiger partial charge in [-0.15, -0.1) is 0 Å². The molecule has 0 bridgehead atoms. The molecule has 0 saturated carbocycles. The number of benzene rings is 1. The van der Waals surface area contributed by atoms with Crippen molar-refractivity contribution in [3.63, 3.8) is 0 Å². The monoisotopic (exact) mass is 337 g/mol. The fourth-order valence-electron chi connectivity index (χ4n) is 3.42. The number of rotatable bonds is 4. The van der Waals surface area contributed by atoms with E-state index in [1.165, 1.54) is 5.57 Å². The highest BCUT2D eigenvalue weighted by molar-refractivity contribution is 5.95. The van der Waals surface area contributed by atoms with Crippen LogP contribution in [0.25, 0.3) is 16.5 Å². The lowest BCUT2D eigenvalue weighted by Crippen LogP contribution is -2.17. The molecule has 0 fully saturated rings. The van der Waals surface area contributed by atoms with Crippen molar-refractivity contribution in [2.45, 2.75) is 40.5 Å². The van der Waals surface area contributed by atoms with Gasteiger partial charge in [-0.3, -0.25) is 4.98 Å². The second-order valence-corrected chi connectivity index (χ2v) is 7.59. The summed E-state index contributed by atoms with van der Waals surface area (Å²) < 4.78 is 11.3. The smallest absolute Gasteiger partial charge is 0.188 e. The van der Waals surface area contributed by atoms with Crippen molar-refractivity contribution in [1.29, 1.82) is 0 Å². The van der Waals surface area contributed by atoms with Crippen LogP contribution in [-0.4, -0.2) is 18.9 Å². The molecule has 0 N–H and O–H groups in total. The second kappa shape index (κ2) is 7.01. The number of hydrogen-bond donors (Lipinski definition) is 0. The summed E-state index contributed by atoms with van der Waals surface area (Å²) >= 11 is 0. The van der Waals surface area contributed by atoms with Crippen LogP contribution in [0.2, 0.25) is 0 Å². The predicted molar refractivity (Wildman–Crippen MR) is 103 cm³/mol. The SMILES string of the molecule is COCOC1=C(C(C)(C)C)CCC=C1c1cccc2ccc(C)nc12. The molecule has 132 valence electrons. The van der Waals surface area contributed by atoms with Gasteiger partial charge in [0.2, 0.25) is 0 Å². The van der Waals surface area contributed by atoms with Crippen molar-refractivity contribution in [3.05, 3.63) is 59.0 Å². The summed E-state index contributed by atoms with van der Waals surface area (Å²) in [6, 6.07) is 10.5. The third-order valence-electron chi connectivity index (χ3n) is 4.64. The van der Waals surface area contributed by atoms with Crippen LogP contribution in [0.1, 0.15) is 44.9 Å². The van der Waals surface area contributed by atoms with Crippen LogP contribution in [0.3, 0.4) is 0 Å². The summed E-state index contributed by atoms with van der Waals surface area (Å²) in [5.74, 6) is 0.955. The van der Waals surface area contributed by atoms with Crippen LogP contribution in [0, 0.1) is 12.3 Å². The van der Waals surface area contributed by atoms with Gasteiger partial charge in [-0.05, 0) is 36.8 Å². The van der Waals surface area contributed by atoms with Crippen LogP contribution >= 0.6 is 0 Å². The first-order valence-electron chi connectivity index (χ1n) is 8.84. The van der Waals surface area contributed by atoms with E-state index in [1.807, 2.05) is 6.92 Å². The van der Waals surface area contributed by atoms with Crippen molar-refractivity contribution in [3.8, 4) is 0 Å². The van der Waals surface area contributed by atoms with Crippen LogP contribution in [0.5, 0.6) is 0 Å². The highest BCUT2D eigenvalue weighted by atomic mass is 16.7. The highest BCUT2D eigenvalue weighted by Crippen LogP contribution is 2.42. The summed E-state index contributed by atoms with van der Waals surface area (Å²) in [6.07, 6.45) is 4.31. The standard InChI is InChI=1S/C22H27NO2/c1-15-12-13-16-8-6-9-17(20(16)23-15)18-10-7-11-19(22(2,3)4)21(18)25-14-24-5/h6,8-10,12-13H,7,11,14H2,1-5H3. The first kappa shape index (κ1) is 17.7. The lowest BCUT2D eigenvalue weighted by atomic mass is 9.78. The quantitative estimate of drug-likeness (QED) is 0.676. The van der Waals surface area contributed by atoms with Crippen LogP contribution in [0.4, 0.5) is 0 Å². The maximum atomic E-state index is 6.08. The number of aryl methyl sites for hydroxylation is 1. The number of nitrogens with zero attached hydrogens (tertiary/aromatic N) is 1. The molecule has 3 nitrogen and oxygen atoms in total. The molecule has 0 aliphatic heterocycles. The number of aromatic nitrogens is 1. The zero-order valence-corrected chi connectivity index (χ0v) is 15.8. The Bertz CT molecular complexity index is 841. The van der Waals surface area contributed by atoms with Gasteiger partial charge in [0.15, 0.2) is 6.79 Å². The minimum atomic E-state index is 0.0521. The van der Waals surface area contributed by atoms with E-state index in [2.05, 4.69) is 57.2 Å². The molecule has 25 heavy (non-hydrogen) atoms. The average Bonchev–Trinajstić information content (AvgIpc) is 2.58.